The van der Waals surface area contributed by atoms with Gasteiger partial charge >= 0.3 is 0 Å². The number of hydrogen-bond donors (Lipinski definition) is 1. The van der Waals surface area contributed by atoms with Crippen LogP contribution < -0.4 is 5.32 Å². The zero-order valence-corrected chi connectivity index (χ0v) is 10.3. The molecule has 16 heavy (non-hydrogen) atoms. The summed E-state index contributed by atoms with van der Waals surface area (Å²) in [6, 6.07) is 0.656. The summed E-state index contributed by atoms with van der Waals surface area (Å²) in [6.07, 6.45) is 6.31. The lowest BCUT2D eigenvalue weighted by atomic mass is 10.1. The van der Waals surface area contributed by atoms with Crippen molar-refractivity contribution < 1.29 is 4.74 Å². The van der Waals surface area contributed by atoms with Gasteiger partial charge in [-0.15, -0.1) is 11.3 Å². The number of thiazole rings is 1. The highest BCUT2D eigenvalue weighted by Gasteiger charge is 2.21. The smallest absolute Gasteiger partial charge is 0.100 e. The number of aromatic nitrogens is 1. The Morgan fingerprint density at radius 2 is 2.44 bits per heavy atom. The lowest BCUT2D eigenvalue weighted by molar-refractivity contribution is 0.109. The van der Waals surface area contributed by atoms with Gasteiger partial charge in [-0.2, -0.15) is 0 Å². The minimum Gasteiger partial charge on any atom is -0.372 e. The second kappa shape index (κ2) is 4.82. The van der Waals surface area contributed by atoms with Crippen LogP contribution in [0, 0.1) is 0 Å². The van der Waals surface area contributed by atoms with E-state index in [1.165, 1.54) is 30.8 Å². The van der Waals surface area contributed by atoms with Gasteiger partial charge in [-0.05, 0) is 32.2 Å². The lowest BCUT2D eigenvalue weighted by Crippen LogP contribution is -2.23. The quantitative estimate of drug-likeness (QED) is 0.877. The molecule has 0 radical (unpaired) electrons. The first kappa shape index (κ1) is 10.7. The number of rotatable bonds is 3. The van der Waals surface area contributed by atoms with Gasteiger partial charge in [-0.1, -0.05) is 0 Å². The van der Waals surface area contributed by atoms with Crippen LogP contribution in [-0.4, -0.2) is 24.2 Å². The Morgan fingerprint density at radius 3 is 3.19 bits per heavy atom. The van der Waals surface area contributed by atoms with E-state index >= 15 is 0 Å². The first-order chi connectivity index (χ1) is 7.92. The fraction of sp³-hybridized carbons (Fsp3) is 0.750. The maximum Gasteiger partial charge on any atom is 0.100 e. The Bertz CT molecular complexity index is 341. The minimum absolute atomic E-state index is 0.279. The summed E-state index contributed by atoms with van der Waals surface area (Å²) in [5.41, 5.74) is 1.16. The van der Waals surface area contributed by atoms with Crippen molar-refractivity contribution in [2.45, 2.75) is 44.2 Å². The first-order valence-corrected chi connectivity index (χ1v) is 7.09. The normalized spacial score (nSPS) is 30.0. The molecular formula is C12H18N2OS. The van der Waals surface area contributed by atoms with Gasteiger partial charge in [0, 0.05) is 24.4 Å². The molecule has 2 unspecified atom stereocenters. The molecule has 4 heteroatoms. The van der Waals surface area contributed by atoms with E-state index in [2.05, 4.69) is 10.7 Å². The van der Waals surface area contributed by atoms with Crippen molar-refractivity contribution in [1.82, 2.24) is 10.3 Å². The molecule has 2 atom stereocenters. The van der Waals surface area contributed by atoms with Crippen molar-refractivity contribution in [1.29, 1.82) is 0 Å². The van der Waals surface area contributed by atoms with Crippen LogP contribution in [0.15, 0.2) is 5.38 Å². The molecule has 0 spiro atoms. The third-order valence-electron chi connectivity index (χ3n) is 3.41. The molecule has 3 heterocycles. The molecule has 1 N–H and O–H groups in total. The van der Waals surface area contributed by atoms with Crippen LogP contribution in [0.25, 0.3) is 0 Å². The van der Waals surface area contributed by atoms with Crippen LogP contribution in [0.4, 0.5) is 0 Å². The Balaban J connectivity index is 1.62. The van der Waals surface area contributed by atoms with E-state index in [0.717, 1.165) is 25.1 Å². The van der Waals surface area contributed by atoms with E-state index in [0.29, 0.717) is 6.04 Å². The monoisotopic (exact) mass is 238 g/mol. The van der Waals surface area contributed by atoms with Crippen LogP contribution in [0.5, 0.6) is 0 Å². The highest BCUT2D eigenvalue weighted by atomic mass is 32.1. The summed E-state index contributed by atoms with van der Waals surface area (Å²) in [4.78, 5) is 4.71. The lowest BCUT2D eigenvalue weighted by Gasteiger charge is -2.07. The highest BCUT2D eigenvalue weighted by molar-refractivity contribution is 7.09. The van der Waals surface area contributed by atoms with E-state index < -0.39 is 0 Å². The molecule has 0 saturated carbocycles. The predicted octanol–water partition coefficient (Wildman–Crippen LogP) is 2.29. The zero-order valence-electron chi connectivity index (χ0n) is 9.45. The SMILES string of the molecule is c1sc(CC2CCCN2)nc1C1CCCO1. The standard InChI is InChI=1S/C12H18N2OS/c1-3-9(13-5-1)7-12-14-10(8-16-12)11-4-2-6-15-11/h8-9,11,13H,1-7H2. The zero-order chi connectivity index (χ0) is 10.8. The van der Waals surface area contributed by atoms with Crippen molar-refractivity contribution in [2.75, 3.05) is 13.2 Å². The van der Waals surface area contributed by atoms with Gasteiger partial charge in [-0.25, -0.2) is 4.98 Å². The van der Waals surface area contributed by atoms with Crippen molar-refractivity contribution in [3.8, 4) is 0 Å². The van der Waals surface area contributed by atoms with Crippen LogP contribution in [-0.2, 0) is 11.2 Å². The second-order valence-corrected chi connectivity index (χ2v) is 5.61. The van der Waals surface area contributed by atoms with Crippen molar-refractivity contribution in [3.63, 3.8) is 0 Å². The molecule has 0 amide bonds. The number of hydrogen-bond acceptors (Lipinski definition) is 4. The Labute approximate surface area is 100 Å². The van der Waals surface area contributed by atoms with E-state index in [1.807, 2.05) is 0 Å². The summed E-state index contributed by atoms with van der Waals surface area (Å²) < 4.78 is 5.65. The van der Waals surface area contributed by atoms with Gasteiger partial charge in [-0.3, -0.25) is 0 Å². The van der Waals surface area contributed by atoms with Crippen LogP contribution in [0.1, 0.15) is 42.5 Å². The van der Waals surface area contributed by atoms with E-state index in [1.54, 1.807) is 11.3 Å². The molecule has 3 nitrogen and oxygen atoms in total. The van der Waals surface area contributed by atoms with Gasteiger partial charge in [0.05, 0.1) is 10.7 Å². The minimum atomic E-state index is 0.279. The fourth-order valence-electron chi connectivity index (χ4n) is 2.52. The Kier molecular flexibility index (Phi) is 3.22. The van der Waals surface area contributed by atoms with Crippen LogP contribution in [0.2, 0.25) is 0 Å². The average Bonchev–Trinajstić information content (AvgIpc) is 2.99. The molecule has 0 bridgehead atoms. The van der Waals surface area contributed by atoms with Gasteiger partial charge < -0.3 is 10.1 Å². The second-order valence-electron chi connectivity index (χ2n) is 4.67. The summed E-state index contributed by atoms with van der Waals surface area (Å²) >= 11 is 1.79. The van der Waals surface area contributed by atoms with E-state index in [4.69, 9.17) is 9.72 Å². The maximum atomic E-state index is 5.65. The average molecular weight is 238 g/mol. The van der Waals surface area contributed by atoms with Gasteiger partial charge in [0.15, 0.2) is 0 Å². The molecule has 0 aromatic carbocycles. The molecule has 2 fully saturated rings. The van der Waals surface area contributed by atoms with Crippen LogP contribution in [0.3, 0.4) is 0 Å². The van der Waals surface area contributed by atoms with E-state index in [9.17, 15) is 0 Å². The molecule has 3 rings (SSSR count). The fourth-order valence-corrected chi connectivity index (χ4v) is 3.44. The molecule has 2 aliphatic rings. The largest absolute Gasteiger partial charge is 0.372 e. The van der Waals surface area contributed by atoms with Crippen molar-refractivity contribution in [3.05, 3.63) is 16.1 Å². The first-order valence-electron chi connectivity index (χ1n) is 6.21. The molecule has 2 saturated heterocycles. The molecule has 88 valence electrons. The molecular weight excluding hydrogens is 220 g/mol. The highest BCUT2D eigenvalue weighted by Crippen LogP contribution is 2.29. The third kappa shape index (κ3) is 2.29. The summed E-state index contributed by atoms with van der Waals surface area (Å²) in [5.74, 6) is 0. The molecule has 1 aromatic rings. The molecule has 0 aliphatic carbocycles. The topological polar surface area (TPSA) is 34.2 Å². The van der Waals surface area contributed by atoms with E-state index in [-0.39, 0.29) is 6.10 Å². The number of nitrogens with one attached hydrogen (secondary N) is 1. The predicted molar refractivity (Wildman–Crippen MR) is 64.8 cm³/mol. The van der Waals surface area contributed by atoms with Gasteiger partial charge in [0.1, 0.15) is 6.10 Å². The number of ether oxygens (including phenoxy) is 1. The Morgan fingerprint density at radius 1 is 1.44 bits per heavy atom. The van der Waals surface area contributed by atoms with Crippen LogP contribution >= 0.6 is 11.3 Å². The number of nitrogens with zero attached hydrogens (tertiary/aromatic N) is 1. The molecule has 1 aromatic heterocycles. The summed E-state index contributed by atoms with van der Waals surface area (Å²) in [5, 5.41) is 6.97. The maximum absolute atomic E-state index is 5.65. The molecule has 2 aliphatic heterocycles. The summed E-state index contributed by atoms with van der Waals surface area (Å²) in [7, 11) is 0. The third-order valence-corrected chi connectivity index (χ3v) is 4.30. The van der Waals surface area contributed by atoms with Crippen molar-refractivity contribution in [2.24, 2.45) is 0 Å². The van der Waals surface area contributed by atoms with Gasteiger partial charge in [0.25, 0.3) is 0 Å². The Hall–Kier alpha value is -0.450. The van der Waals surface area contributed by atoms with Crippen molar-refractivity contribution >= 4 is 11.3 Å². The van der Waals surface area contributed by atoms with Gasteiger partial charge in [0.2, 0.25) is 0 Å². The summed E-state index contributed by atoms with van der Waals surface area (Å²) in [6.45, 7) is 2.08.